The van der Waals surface area contributed by atoms with Gasteiger partial charge in [0.05, 0.1) is 23.0 Å². The van der Waals surface area contributed by atoms with Gasteiger partial charge in [0.25, 0.3) is 11.5 Å². The zero-order valence-electron chi connectivity index (χ0n) is 13.8. The van der Waals surface area contributed by atoms with Gasteiger partial charge in [-0.2, -0.15) is 0 Å². The van der Waals surface area contributed by atoms with Crippen molar-refractivity contribution in [3.63, 3.8) is 0 Å². The largest absolute Gasteiger partial charge is 0.452 e. The molecule has 0 atom stereocenters. The highest BCUT2D eigenvalue weighted by Gasteiger charge is 2.29. The third kappa shape index (κ3) is 2.71. The maximum atomic E-state index is 12.4. The third-order valence-electron chi connectivity index (χ3n) is 4.44. The summed E-state index contributed by atoms with van der Waals surface area (Å²) in [6.45, 7) is 0.368. The summed E-state index contributed by atoms with van der Waals surface area (Å²) in [5, 5.41) is 0.433. The van der Waals surface area contributed by atoms with E-state index in [2.05, 4.69) is 9.72 Å². The van der Waals surface area contributed by atoms with Crippen LogP contribution in [0.1, 0.15) is 22.6 Å². The van der Waals surface area contributed by atoms with E-state index >= 15 is 0 Å². The zero-order valence-corrected chi connectivity index (χ0v) is 13.8. The molecule has 4 rings (SSSR count). The highest BCUT2D eigenvalue weighted by molar-refractivity contribution is 5.97. The van der Waals surface area contributed by atoms with Crippen LogP contribution in [0.2, 0.25) is 0 Å². The summed E-state index contributed by atoms with van der Waals surface area (Å²) in [5.74, 6) is -0.665. The van der Waals surface area contributed by atoms with Crippen molar-refractivity contribution in [2.75, 3.05) is 19.8 Å². The van der Waals surface area contributed by atoms with Gasteiger partial charge >= 0.3 is 12.1 Å². The van der Waals surface area contributed by atoms with Crippen LogP contribution in [0.3, 0.4) is 0 Å². The molecule has 1 saturated heterocycles. The van der Waals surface area contributed by atoms with Crippen LogP contribution in [0, 0.1) is 0 Å². The summed E-state index contributed by atoms with van der Waals surface area (Å²) in [6.07, 6.45) is 0.852. The number of aromatic nitrogens is 2. The highest BCUT2D eigenvalue weighted by atomic mass is 16.6. The van der Waals surface area contributed by atoms with Crippen LogP contribution in [0.4, 0.5) is 4.79 Å². The molecule has 3 heterocycles. The Balaban J connectivity index is 1.52. The lowest BCUT2D eigenvalue weighted by Crippen LogP contribution is -2.35. The van der Waals surface area contributed by atoms with Crippen molar-refractivity contribution < 1.29 is 23.9 Å². The van der Waals surface area contributed by atoms with Gasteiger partial charge in [-0.15, -0.1) is 0 Å². The second-order valence-electron chi connectivity index (χ2n) is 6.06. The molecule has 0 aliphatic carbocycles. The van der Waals surface area contributed by atoms with Gasteiger partial charge in [0.15, 0.2) is 6.61 Å². The Labute approximate surface area is 147 Å². The number of esters is 1. The van der Waals surface area contributed by atoms with Crippen LogP contribution in [-0.4, -0.2) is 52.2 Å². The van der Waals surface area contributed by atoms with Crippen molar-refractivity contribution in [2.24, 2.45) is 0 Å². The van der Waals surface area contributed by atoms with Crippen molar-refractivity contribution in [1.82, 2.24) is 14.5 Å². The number of carbonyl (C=O) groups is 3. The van der Waals surface area contributed by atoms with E-state index in [4.69, 9.17) is 4.74 Å². The summed E-state index contributed by atoms with van der Waals surface area (Å²) in [4.78, 5) is 53.1. The topological polar surface area (TPSA) is 108 Å². The third-order valence-corrected chi connectivity index (χ3v) is 4.44. The minimum Gasteiger partial charge on any atom is -0.452 e. The molecule has 0 unspecified atom stereocenters. The van der Waals surface area contributed by atoms with Crippen molar-refractivity contribution in [3.8, 4) is 0 Å². The number of amides is 2. The summed E-state index contributed by atoms with van der Waals surface area (Å²) in [5.41, 5.74) is 0.487. The van der Waals surface area contributed by atoms with E-state index in [0.717, 1.165) is 17.7 Å². The van der Waals surface area contributed by atoms with Crippen LogP contribution in [0.25, 0.3) is 10.9 Å². The van der Waals surface area contributed by atoms with Gasteiger partial charge in [-0.1, -0.05) is 0 Å². The van der Waals surface area contributed by atoms with Gasteiger partial charge in [-0.25, -0.2) is 19.5 Å². The molecule has 9 heteroatoms. The number of aryl methyl sites for hydroxylation is 1. The second-order valence-corrected chi connectivity index (χ2v) is 6.06. The van der Waals surface area contributed by atoms with Crippen molar-refractivity contribution in [3.05, 3.63) is 39.9 Å². The van der Waals surface area contributed by atoms with E-state index in [9.17, 15) is 19.2 Å². The number of rotatable bonds is 3. The quantitative estimate of drug-likeness (QED) is 0.735. The molecule has 1 aromatic carbocycles. The summed E-state index contributed by atoms with van der Waals surface area (Å²) >= 11 is 0. The van der Waals surface area contributed by atoms with E-state index < -0.39 is 24.6 Å². The molecule has 134 valence electrons. The molecule has 26 heavy (non-hydrogen) atoms. The first-order chi connectivity index (χ1) is 12.5. The molecule has 2 amide bonds. The van der Waals surface area contributed by atoms with Crippen LogP contribution in [0.5, 0.6) is 0 Å². The standard InChI is InChI=1S/C17H15N3O6/c21-14(20-6-7-25-17(20)24)9-26-16(23)10-3-4-11-12(8-10)18-13-2-1-5-19(13)15(11)22/h3-4,8H,1-2,5-7,9H2. The lowest BCUT2D eigenvalue weighted by atomic mass is 10.1. The first kappa shape index (κ1) is 16.2. The molecular formula is C17H15N3O6. The fourth-order valence-corrected chi connectivity index (χ4v) is 3.12. The predicted octanol–water partition coefficient (Wildman–Crippen LogP) is 0.478. The van der Waals surface area contributed by atoms with Gasteiger partial charge in [-0.3, -0.25) is 14.2 Å². The van der Waals surface area contributed by atoms with Gasteiger partial charge < -0.3 is 9.47 Å². The maximum absolute atomic E-state index is 12.4. The monoisotopic (exact) mass is 357 g/mol. The van der Waals surface area contributed by atoms with E-state index in [-0.39, 0.29) is 24.3 Å². The lowest BCUT2D eigenvalue weighted by molar-refractivity contribution is -0.131. The number of benzene rings is 1. The number of nitrogens with zero attached hydrogens (tertiary/aromatic N) is 3. The summed E-state index contributed by atoms with van der Waals surface area (Å²) < 4.78 is 11.3. The lowest BCUT2D eigenvalue weighted by Gasteiger charge is -2.11. The van der Waals surface area contributed by atoms with Crippen LogP contribution in [-0.2, 0) is 27.2 Å². The number of fused-ring (bicyclic) bond motifs is 2. The van der Waals surface area contributed by atoms with Crippen LogP contribution >= 0.6 is 0 Å². The summed E-state index contributed by atoms with van der Waals surface area (Å²) in [7, 11) is 0. The Morgan fingerprint density at radius 1 is 1.23 bits per heavy atom. The molecule has 2 aliphatic heterocycles. The SMILES string of the molecule is O=C(OCC(=O)N1CCOC1=O)c1ccc2c(=O)n3c(nc2c1)CCC3. The van der Waals surface area contributed by atoms with Gasteiger partial charge in [-0.05, 0) is 24.6 Å². The fourth-order valence-electron chi connectivity index (χ4n) is 3.12. The van der Waals surface area contributed by atoms with E-state index in [1.807, 2.05) is 0 Å². The van der Waals surface area contributed by atoms with Gasteiger partial charge in [0.1, 0.15) is 12.4 Å². The maximum Gasteiger partial charge on any atom is 0.416 e. The Morgan fingerprint density at radius 2 is 2.08 bits per heavy atom. The normalized spacial score (nSPS) is 15.8. The molecular weight excluding hydrogens is 342 g/mol. The Bertz CT molecular complexity index is 996. The highest BCUT2D eigenvalue weighted by Crippen LogP contribution is 2.17. The second kappa shape index (κ2) is 6.25. The first-order valence-corrected chi connectivity index (χ1v) is 8.22. The minimum atomic E-state index is -0.740. The number of imide groups is 1. The van der Waals surface area contributed by atoms with E-state index in [1.54, 1.807) is 4.57 Å². The number of cyclic esters (lactones) is 1. The molecule has 2 aromatic rings. The van der Waals surface area contributed by atoms with Crippen LogP contribution in [0.15, 0.2) is 23.0 Å². The van der Waals surface area contributed by atoms with E-state index in [0.29, 0.717) is 23.3 Å². The molecule has 0 spiro atoms. The molecule has 1 aromatic heterocycles. The number of hydrogen-bond donors (Lipinski definition) is 0. The number of carbonyl (C=O) groups excluding carboxylic acids is 3. The zero-order chi connectivity index (χ0) is 18.3. The van der Waals surface area contributed by atoms with Gasteiger partial charge in [0.2, 0.25) is 0 Å². The average molecular weight is 357 g/mol. The molecule has 0 bridgehead atoms. The number of hydrogen-bond acceptors (Lipinski definition) is 7. The molecule has 0 radical (unpaired) electrons. The molecule has 0 saturated carbocycles. The van der Waals surface area contributed by atoms with Gasteiger partial charge in [0, 0.05) is 13.0 Å². The Morgan fingerprint density at radius 3 is 2.85 bits per heavy atom. The smallest absolute Gasteiger partial charge is 0.416 e. The van der Waals surface area contributed by atoms with Crippen molar-refractivity contribution in [2.45, 2.75) is 19.4 Å². The predicted molar refractivity (Wildman–Crippen MR) is 87.7 cm³/mol. The number of ether oxygens (including phenoxy) is 2. The van der Waals surface area contributed by atoms with E-state index in [1.165, 1.54) is 18.2 Å². The van der Waals surface area contributed by atoms with Crippen molar-refractivity contribution >= 4 is 28.9 Å². The molecule has 0 N–H and O–H groups in total. The molecule has 2 aliphatic rings. The minimum absolute atomic E-state index is 0.120. The molecule has 1 fully saturated rings. The molecule has 9 nitrogen and oxygen atoms in total. The van der Waals surface area contributed by atoms with Crippen molar-refractivity contribution in [1.29, 1.82) is 0 Å². The van der Waals surface area contributed by atoms with Crippen LogP contribution < -0.4 is 5.56 Å². The first-order valence-electron chi connectivity index (χ1n) is 8.22. The summed E-state index contributed by atoms with van der Waals surface area (Å²) in [6, 6.07) is 4.48. The fraction of sp³-hybridized carbons (Fsp3) is 0.353. The Kier molecular flexibility index (Phi) is 3.90. The average Bonchev–Trinajstić information content (AvgIpc) is 3.28. The Hall–Kier alpha value is -3.23.